The molecule has 1 atom stereocenters. The van der Waals surface area contributed by atoms with Crippen molar-refractivity contribution >= 4 is 23.4 Å². The van der Waals surface area contributed by atoms with Gasteiger partial charge in [0.1, 0.15) is 5.75 Å². The maximum absolute atomic E-state index is 12.3. The number of anilines is 1. The lowest BCUT2D eigenvalue weighted by Gasteiger charge is -2.20. The first kappa shape index (κ1) is 14.1. The number of hydrogen-bond donors (Lipinski definition) is 1. The van der Waals surface area contributed by atoms with Gasteiger partial charge in [0.05, 0.1) is 17.3 Å². The Balaban J connectivity index is 2.05. The number of thioether (sulfide) groups is 1. The van der Waals surface area contributed by atoms with Gasteiger partial charge in [0.2, 0.25) is 5.91 Å². The van der Waals surface area contributed by atoms with Gasteiger partial charge >= 0.3 is 0 Å². The lowest BCUT2D eigenvalue weighted by atomic mass is 10.3. The quantitative estimate of drug-likeness (QED) is 0.679. The van der Waals surface area contributed by atoms with Crippen LogP contribution < -0.4 is 10.5 Å². The SMILES string of the molecule is COc1cc(N)ccc1SC(C)C(=O)N1CCCC1. The Kier molecular flexibility index (Phi) is 4.58. The van der Waals surface area contributed by atoms with Crippen molar-refractivity contribution in [2.24, 2.45) is 0 Å². The third-order valence-corrected chi connectivity index (χ3v) is 4.40. The van der Waals surface area contributed by atoms with Crippen LogP contribution in [0.5, 0.6) is 5.75 Å². The molecule has 2 N–H and O–H groups in total. The molecule has 0 spiro atoms. The second-order valence-corrected chi connectivity index (χ2v) is 6.09. The zero-order chi connectivity index (χ0) is 13.8. The van der Waals surface area contributed by atoms with Gasteiger partial charge in [-0.25, -0.2) is 0 Å². The number of nitrogens with two attached hydrogens (primary N) is 1. The van der Waals surface area contributed by atoms with Crippen LogP contribution in [0.3, 0.4) is 0 Å². The van der Waals surface area contributed by atoms with Crippen LogP contribution in [0.1, 0.15) is 19.8 Å². The maximum atomic E-state index is 12.3. The Labute approximate surface area is 118 Å². The van der Waals surface area contributed by atoms with Gasteiger partial charge in [0.25, 0.3) is 0 Å². The van der Waals surface area contributed by atoms with Crippen LogP contribution in [-0.2, 0) is 4.79 Å². The van der Waals surface area contributed by atoms with E-state index < -0.39 is 0 Å². The monoisotopic (exact) mass is 280 g/mol. The van der Waals surface area contributed by atoms with Crippen molar-refractivity contribution in [2.75, 3.05) is 25.9 Å². The summed E-state index contributed by atoms with van der Waals surface area (Å²) < 4.78 is 5.31. The summed E-state index contributed by atoms with van der Waals surface area (Å²) in [7, 11) is 1.62. The highest BCUT2D eigenvalue weighted by molar-refractivity contribution is 8.00. The van der Waals surface area contributed by atoms with Crippen molar-refractivity contribution in [1.82, 2.24) is 4.90 Å². The van der Waals surface area contributed by atoms with E-state index in [1.165, 1.54) is 11.8 Å². The first-order valence-electron chi connectivity index (χ1n) is 6.51. The Morgan fingerprint density at radius 3 is 2.74 bits per heavy atom. The first-order chi connectivity index (χ1) is 9.11. The third-order valence-electron chi connectivity index (χ3n) is 3.26. The van der Waals surface area contributed by atoms with Crippen molar-refractivity contribution in [3.8, 4) is 5.75 Å². The van der Waals surface area contributed by atoms with E-state index in [4.69, 9.17) is 10.5 Å². The third kappa shape index (κ3) is 3.35. The van der Waals surface area contributed by atoms with E-state index in [-0.39, 0.29) is 11.2 Å². The minimum Gasteiger partial charge on any atom is -0.496 e. The van der Waals surface area contributed by atoms with Crippen LogP contribution in [-0.4, -0.2) is 36.3 Å². The molecular weight excluding hydrogens is 260 g/mol. The van der Waals surface area contributed by atoms with Gasteiger partial charge in [-0.05, 0) is 31.9 Å². The van der Waals surface area contributed by atoms with E-state index in [2.05, 4.69) is 0 Å². The number of carbonyl (C=O) groups is 1. The van der Waals surface area contributed by atoms with Gasteiger partial charge in [0.15, 0.2) is 0 Å². The smallest absolute Gasteiger partial charge is 0.235 e. The zero-order valence-electron chi connectivity index (χ0n) is 11.4. The molecule has 0 aromatic heterocycles. The first-order valence-corrected chi connectivity index (χ1v) is 7.38. The minimum atomic E-state index is -0.101. The summed E-state index contributed by atoms with van der Waals surface area (Å²) in [5, 5.41) is -0.101. The van der Waals surface area contributed by atoms with Crippen molar-refractivity contribution < 1.29 is 9.53 Å². The molecule has 104 valence electrons. The fourth-order valence-electron chi connectivity index (χ4n) is 2.22. The Morgan fingerprint density at radius 2 is 2.11 bits per heavy atom. The Morgan fingerprint density at radius 1 is 1.42 bits per heavy atom. The number of amides is 1. The van der Waals surface area contributed by atoms with E-state index in [0.29, 0.717) is 5.69 Å². The fourth-order valence-corrected chi connectivity index (χ4v) is 3.25. The molecule has 1 heterocycles. The highest BCUT2D eigenvalue weighted by Crippen LogP contribution is 2.34. The van der Waals surface area contributed by atoms with Crippen LogP contribution in [0.15, 0.2) is 23.1 Å². The maximum Gasteiger partial charge on any atom is 0.235 e. The Hall–Kier alpha value is -1.36. The number of likely N-dealkylation sites (tertiary alicyclic amines) is 1. The molecule has 1 aromatic carbocycles. The normalized spacial score (nSPS) is 16.4. The van der Waals surface area contributed by atoms with Crippen molar-refractivity contribution in [3.05, 3.63) is 18.2 Å². The number of carbonyl (C=O) groups excluding carboxylic acids is 1. The van der Waals surface area contributed by atoms with Crippen LogP contribution in [0.25, 0.3) is 0 Å². The van der Waals surface area contributed by atoms with Crippen LogP contribution in [0.4, 0.5) is 5.69 Å². The summed E-state index contributed by atoms with van der Waals surface area (Å²) in [5.41, 5.74) is 6.40. The van der Waals surface area contributed by atoms with Gasteiger partial charge in [-0.3, -0.25) is 4.79 Å². The molecule has 0 bridgehead atoms. The Bertz CT molecular complexity index is 459. The van der Waals surface area contributed by atoms with Gasteiger partial charge in [-0.2, -0.15) is 0 Å². The summed E-state index contributed by atoms with van der Waals surface area (Å²) in [5.74, 6) is 0.937. The zero-order valence-corrected chi connectivity index (χ0v) is 12.2. The van der Waals surface area contributed by atoms with Gasteiger partial charge in [0, 0.05) is 24.8 Å². The van der Waals surface area contributed by atoms with Crippen molar-refractivity contribution in [3.63, 3.8) is 0 Å². The molecule has 2 rings (SSSR count). The molecule has 4 nitrogen and oxygen atoms in total. The molecule has 1 unspecified atom stereocenters. The van der Waals surface area contributed by atoms with Crippen LogP contribution >= 0.6 is 11.8 Å². The molecule has 5 heteroatoms. The van der Waals surface area contributed by atoms with Crippen molar-refractivity contribution in [2.45, 2.75) is 29.9 Å². The molecular formula is C14H20N2O2S. The molecule has 19 heavy (non-hydrogen) atoms. The van der Waals surface area contributed by atoms with E-state index in [1.807, 2.05) is 24.0 Å². The molecule has 0 aliphatic carbocycles. The summed E-state index contributed by atoms with van der Waals surface area (Å²) in [6.45, 7) is 3.73. The van der Waals surface area contributed by atoms with E-state index in [9.17, 15) is 4.79 Å². The average molecular weight is 280 g/mol. The van der Waals surface area contributed by atoms with Gasteiger partial charge in [-0.15, -0.1) is 11.8 Å². The van der Waals surface area contributed by atoms with E-state index in [1.54, 1.807) is 13.2 Å². The minimum absolute atomic E-state index is 0.101. The number of ether oxygens (including phenoxy) is 1. The van der Waals surface area contributed by atoms with Crippen molar-refractivity contribution in [1.29, 1.82) is 0 Å². The molecule has 1 amide bonds. The molecule has 1 aromatic rings. The molecule has 1 saturated heterocycles. The summed E-state index contributed by atoms with van der Waals surface area (Å²) in [6.07, 6.45) is 2.24. The second-order valence-electron chi connectivity index (χ2n) is 4.70. The number of benzene rings is 1. The number of methoxy groups -OCH3 is 1. The standard InChI is InChI=1S/C14H20N2O2S/c1-10(14(17)16-7-3-4-8-16)19-13-6-5-11(15)9-12(13)18-2/h5-6,9-10H,3-4,7-8,15H2,1-2H3. The lowest BCUT2D eigenvalue weighted by Crippen LogP contribution is -2.34. The van der Waals surface area contributed by atoms with Crippen LogP contribution in [0.2, 0.25) is 0 Å². The highest BCUT2D eigenvalue weighted by Gasteiger charge is 2.24. The molecule has 1 aliphatic rings. The van der Waals surface area contributed by atoms with Crippen LogP contribution in [0, 0.1) is 0 Å². The van der Waals surface area contributed by atoms with E-state index >= 15 is 0 Å². The lowest BCUT2D eigenvalue weighted by molar-refractivity contribution is -0.129. The number of hydrogen-bond acceptors (Lipinski definition) is 4. The molecule has 0 radical (unpaired) electrons. The van der Waals surface area contributed by atoms with Gasteiger partial charge in [-0.1, -0.05) is 0 Å². The summed E-state index contributed by atoms with van der Waals surface area (Å²) >= 11 is 1.53. The number of rotatable bonds is 4. The van der Waals surface area contributed by atoms with Gasteiger partial charge < -0.3 is 15.4 Å². The summed E-state index contributed by atoms with van der Waals surface area (Å²) in [4.78, 5) is 15.2. The predicted molar refractivity (Wildman–Crippen MR) is 78.5 cm³/mol. The van der Waals surface area contributed by atoms with E-state index in [0.717, 1.165) is 36.6 Å². The second kappa shape index (κ2) is 6.19. The molecule has 1 fully saturated rings. The topological polar surface area (TPSA) is 55.6 Å². The average Bonchev–Trinajstić information content (AvgIpc) is 2.93. The number of nitrogens with zero attached hydrogens (tertiary/aromatic N) is 1. The molecule has 0 saturated carbocycles. The molecule has 1 aliphatic heterocycles. The fraction of sp³-hybridized carbons (Fsp3) is 0.500. The highest BCUT2D eigenvalue weighted by atomic mass is 32.2. The largest absolute Gasteiger partial charge is 0.496 e. The number of nitrogen functional groups attached to an aromatic ring is 1. The predicted octanol–water partition coefficient (Wildman–Crippen LogP) is 2.38. The summed E-state index contributed by atoms with van der Waals surface area (Å²) in [6, 6.07) is 5.53.